The SMILES string of the molecule is CCCCN(CCCC)CCCC.CCCCN(CCCC)CCCC.CCCCN(CCCC)CCCC.[B]P(=O)(OP(=O)(O)OC[C@H]1O[C@@H](n2cnc3c(N)ncnc32)[C@H](O)[C@@H]1O)OP(=O)(O)OC[C@H]1O[C@@H](n2cnc3c(N)ncnc32)[C@H](O)[C@@H]1O. The molecule has 6 heterocycles. The lowest BCUT2D eigenvalue weighted by Crippen LogP contribution is -2.33. The molecule has 4 aromatic rings. The van der Waals surface area contributed by atoms with Crippen LogP contribution in [0.2, 0.25) is 0 Å². The second kappa shape index (κ2) is 42.2. The van der Waals surface area contributed by atoms with E-state index in [2.05, 4.69) is 125 Å². The number of anilines is 2. The van der Waals surface area contributed by atoms with Crippen molar-refractivity contribution in [3.05, 3.63) is 25.3 Å². The van der Waals surface area contributed by atoms with Crippen molar-refractivity contribution in [3.63, 3.8) is 0 Å². The first-order chi connectivity index (χ1) is 42.0. The number of aromatic nitrogens is 8. The average molecular weight is 1310 g/mol. The molecule has 2 unspecified atom stereocenters. The fourth-order valence-electron chi connectivity index (χ4n) is 9.43. The van der Waals surface area contributed by atoms with E-state index in [0.717, 1.165) is 12.7 Å². The molecule has 2 fully saturated rings. The van der Waals surface area contributed by atoms with Crippen LogP contribution in [0.25, 0.3) is 22.3 Å². The van der Waals surface area contributed by atoms with Crippen molar-refractivity contribution < 1.29 is 71.1 Å². The number of nitrogen functional groups attached to an aromatic ring is 2. The summed E-state index contributed by atoms with van der Waals surface area (Å²) in [4.78, 5) is 51.7. The maximum atomic E-state index is 12.6. The van der Waals surface area contributed by atoms with Crippen molar-refractivity contribution in [1.82, 2.24) is 53.7 Å². The summed E-state index contributed by atoms with van der Waals surface area (Å²) >= 11 is 0. The quantitative estimate of drug-likeness (QED) is 0.0153. The fraction of sp³-hybridized carbons (Fsp3) is 0.821. The van der Waals surface area contributed by atoms with Gasteiger partial charge in [0.2, 0.25) is 7.57 Å². The van der Waals surface area contributed by atoms with Gasteiger partial charge in [-0.25, -0.2) is 47.7 Å². The van der Waals surface area contributed by atoms with Crippen LogP contribution in [0.4, 0.5) is 11.6 Å². The van der Waals surface area contributed by atoms with Crippen molar-refractivity contribution in [2.45, 2.75) is 227 Å². The maximum absolute atomic E-state index is 12.6. The lowest BCUT2D eigenvalue weighted by Gasteiger charge is -2.22. The van der Waals surface area contributed by atoms with E-state index in [0.29, 0.717) is 0 Å². The summed E-state index contributed by atoms with van der Waals surface area (Å²) < 4.78 is 69.0. The number of phosphoric ester groups is 2. The number of nitrogens with two attached hydrogens (primary N) is 2. The molecule has 0 aromatic carbocycles. The van der Waals surface area contributed by atoms with Gasteiger partial charge in [0.1, 0.15) is 60.3 Å². The Balaban J connectivity index is 0.000000420. The first-order valence-corrected chi connectivity index (χ1v) is 36.4. The van der Waals surface area contributed by atoms with Gasteiger partial charge in [-0.3, -0.25) is 22.7 Å². The molecule has 2 aliphatic rings. The van der Waals surface area contributed by atoms with Gasteiger partial charge in [-0.05, 0) is 117 Å². The molecule has 10 N–H and O–H groups in total. The first-order valence-electron chi connectivity index (χ1n) is 31.8. The lowest BCUT2D eigenvalue weighted by molar-refractivity contribution is -0.0507. The monoisotopic (exact) mass is 1310 g/mol. The van der Waals surface area contributed by atoms with Gasteiger partial charge in [0.05, 0.1) is 25.9 Å². The third-order valence-electron chi connectivity index (χ3n) is 14.7. The van der Waals surface area contributed by atoms with Gasteiger partial charge < -0.3 is 65.9 Å². The van der Waals surface area contributed by atoms with Crippen LogP contribution in [-0.2, 0) is 40.8 Å². The highest BCUT2D eigenvalue weighted by Gasteiger charge is 2.48. The molecule has 0 amide bonds. The number of rotatable bonds is 39. The van der Waals surface area contributed by atoms with Crippen LogP contribution in [0.15, 0.2) is 25.3 Å². The molecular formula is C56H107BN13O15P3. The van der Waals surface area contributed by atoms with Crippen LogP contribution < -0.4 is 11.5 Å². The zero-order chi connectivity index (χ0) is 65.3. The molecule has 10 atom stereocenters. The summed E-state index contributed by atoms with van der Waals surface area (Å²) in [5.74, 6) is 0.0552. The third-order valence-corrected chi connectivity index (χ3v) is 19.1. The Morgan fingerprint density at radius 2 is 0.727 bits per heavy atom. The Hall–Kier alpha value is -3.15. The molecule has 88 heavy (non-hydrogen) atoms. The molecule has 0 aliphatic carbocycles. The standard InChI is InChI=1S/C20H26BN10O15P3.3C12H27N/c21-47(36,45-48(37,38)41-1-7-11(32)13(34)19(43-7)30-5-28-9-15(22)24-3-26-17(9)30)46-49(39,40)42-2-8-12(33)14(35)20(44-8)31-6-29-10-16(23)25-4-27-18(10)31;3*1-4-7-10-13(11-8-5-2)12-9-6-3/h3-8,11-14,19-20,32-35H,1-2H2,(H,37,38)(H,39,40)(H2,22,24,26)(H2,23,25,27);3*4-12H2,1-3H3/t7-,8-,11-,12-,13-,14-,19-,20-;;;/m1.../s1. The minimum atomic E-state index is -5.50. The predicted octanol–water partition coefficient (Wildman–Crippen LogP) is 8.68. The minimum Gasteiger partial charge on any atom is -0.387 e. The van der Waals surface area contributed by atoms with Gasteiger partial charge in [0.25, 0.3) is 7.47 Å². The number of imidazole rings is 2. The number of nitrogens with zero attached hydrogens (tertiary/aromatic N) is 11. The number of unbranched alkanes of at least 4 members (excludes halogenated alkanes) is 9. The van der Waals surface area contributed by atoms with E-state index in [1.807, 2.05) is 0 Å². The van der Waals surface area contributed by atoms with Gasteiger partial charge >= 0.3 is 15.6 Å². The maximum Gasteiger partial charge on any atom is 0.478 e. The molecule has 28 nitrogen and oxygen atoms in total. The van der Waals surface area contributed by atoms with E-state index >= 15 is 0 Å². The summed E-state index contributed by atoms with van der Waals surface area (Å²) in [6, 6.07) is 0. The van der Waals surface area contributed by atoms with Crippen LogP contribution in [-0.4, -0.2) is 200 Å². The Kier molecular flexibility index (Phi) is 37.9. The molecule has 0 saturated carbocycles. The Bertz CT molecular complexity index is 2420. The van der Waals surface area contributed by atoms with Gasteiger partial charge in [0, 0.05) is 0 Å². The van der Waals surface area contributed by atoms with E-state index in [1.165, 1.54) is 196 Å². The predicted molar refractivity (Wildman–Crippen MR) is 342 cm³/mol. The summed E-state index contributed by atoms with van der Waals surface area (Å²) in [5.41, 5.74) is 12.1. The average Bonchev–Trinajstić information content (AvgIpc) is 2.59. The molecule has 0 spiro atoms. The van der Waals surface area contributed by atoms with Gasteiger partial charge in [0.15, 0.2) is 35.4 Å². The summed E-state index contributed by atoms with van der Waals surface area (Å²) in [5, 5.41) is 41.9. The molecule has 6 rings (SSSR count). The molecule has 2 aliphatic heterocycles. The van der Waals surface area contributed by atoms with Crippen LogP contribution in [0.5, 0.6) is 0 Å². The fourth-order valence-corrected chi connectivity index (χ4v) is 13.2. The van der Waals surface area contributed by atoms with E-state index in [9.17, 15) is 43.9 Å². The smallest absolute Gasteiger partial charge is 0.387 e. The van der Waals surface area contributed by atoms with Crippen molar-refractivity contribution in [2.75, 3.05) is 83.6 Å². The molecule has 0 bridgehead atoms. The molecule has 504 valence electrons. The Labute approximate surface area is 523 Å². The molecule has 2 radical (unpaired) electrons. The molecule has 32 heteroatoms. The number of ether oxygens (including phenoxy) is 2. The summed E-state index contributed by atoms with van der Waals surface area (Å²) in [6.07, 6.45) is 16.6. The number of phosphoric acid groups is 2. The van der Waals surface area contributed by atoms with Crippen LogP contribution in [0, 0.1) is 0 Å². The number of hydrogen-bond donors (Lipinski definition) is 8. The summed E-state index contributed by atoms with van der Waals surface area (Å²) in [7, 11) is -11.2. The van der Waals surface area contributed by atoms with Gasteiger partial charge in [-0.1, -0.05) is 120 Å². The van der Waals surface area contributed by atoms with E-state index in [4.69, 9.17) is 28.5 Å². The van der Waals surface area contributed by atoms with E-state index in [-0.39, 0.29) is 34.0 Å². The normalized spacial score (nSPS) is 22.2. The molecule has 2 saturated heterocycles. The van der Waals surface area contributed by atoms with Gasteiger partial charge in [-0.15, -0.1) is 0 Å². The highest BCUT2D eigenvalue weighted by atomic mass is 31.3. The molecular weight excluding hydrogens is 1200 g/mol. The zero-order valence-electron chi connectivity index (χ0n) is 53.8. The van der Waals surface area contributed by atoms with Crippen molar-refractivity contribution in [2.24, 2.45) is 0 Å². The highest BCUT2D eigenvalue weighted by Crippen LogP contribution is 2.67. The molecule has 4 aromatic heterocycles. The number of aliphatic hydroxyl groups is 4. The second-order valence-electron chi connectivity index (χ2n) is 22.2. The van der Waals surface area contributed by atoms with Crippen molar-refractivity contribution in [1.29, 1.82) is 0 Å². The first kappa shape index (κ1) is 79.1. The van der Waals surface area contributed by atoms with Crippen molar-refractivity contribution >= 4 is 64.6 Å². The van der Waals surface area contributed by atoms with E-state index in [1.54, 1.807) is 0 Å². The lowest BCUT2D eigenvalue weighted by atomic mass is 10.1. The topological polar surface area (TPSA) is 377 Å². The largest absolute Gasteiger partial charge is 0.478 e. The van der Waals surface area contributed by atoms with Crippen LogP contribution in [0.3, 0.4) is 0 Å². The van der Waals surface area contributed by atoms with E-state index < -0.39 is 85.4 Å². The van der Waals surface area contributed by atoms with Crippen LogP contribution >= 0.6 is 23.1 Å². The Morgan fingerprint density at radius 1 is 0.466 bits per heavy atom. The van der Waals surface area contributed by atoms with Crippen molar-refractivity contribution in [3.8, 4) is 0 Å². The number of fused-ring (bicyclic) bond motifs is 2. The second-order valence-corrected chi connectivity index (χ2v) is 27.0. The third kappa shape index (κ3) is 27.2. The van der Waals surface area contributed by atoms with Crippen LogP contribution in [0.1, 0.15) is 190 Å². The Morgan fingerprint density at radius 3 is 0.977 bits per heavy atom. The minimum absolute atomic E-state index is 0.0276. The highest BCUT2D eigenvalue weighted by molar-refractivity contribution is 7.86. The number of aliphatic hydroxyl groups excluding tert-OH is 4. The van der Waals surface area contributed by atoms with Gasteiger partial charge in [-0.2, -0.15) is 0 Å². The summed E-state index contributed by atoms with van der Waals surface area (Å²) in [6.45, 7) is 30.4. The number of hydrogen-bond acceptors (Lipinski definition) is 24. The zero-order valence-corrected chi connectivity index (χ0v) is 56.5.